The molecule has 6 nitrogen and oxygen atoms in total. The van der Waals surface area contributed by atoms with Crippen molar-refractivity contribution >= 4 is 34.2 Å². The fourth-order valence-corrected chi connectivity index (χ4v) is 5.53. The van der Waals surface area contributed by atoms with Crippen LogP contribution < -0.4 is 19.6 Å². The Kier molecular flexibility index (Phi) is 6.09. The monoisotopic (exact) mass is 484 g/mol. The summed E-state index contributed by atoms with van der Waals surface area (Å²) in [7, 11) is 1.57. The number of methoxy groups -OCH3 is 1. The van der Waals surface area contributed by atoms with Crippen LogP contribution >= 0.6 is 11.3 Å². The third kappa shape index (κ3) is 3.98. The van der Waals surface area contributed by atoms with E-state index in [0.29, 0.717) is 31.9 Å². The fraction of sp³-hybridized carbons (Fsp3) is 0.179. The molecule has 176 valence electrons. The summed E-state index contributed by atoms with van der Waals surface area (Å²) in [5, 5.41) is 2.16. The van der Waals surface area contributed by atoms with Gasteiger partial charge in [0.05, 0.1) is 29.5 Å². The molecule has 0 bridgehead atoms. The second-order valence-electron chi connectivity index (χ2n) is 8.11. The SMILES string of the molecule is CCOC(=O)C1=C(C)N=c2sc(=Cc3cccc4ccccc34)c(=O)n2C1c1ccccc1OC. The molecule has 5 rings (SSSR count). The maximum atomic E-state index is 13.8. The largest absolute Gasteiger partial charge is 0.496 e. The van der Waals surface area contributed by atoms with Crippen LogP contribution in [0.1, 0.15) is 31.0 Å². The lowest BCUT2D eigenvalue weighted by Crippen LogP contribution is -2.40. The number of rotatable bonds is 5. The molecule has 1 atom stereocenters. The molecule has 0 amide bonds. The van der Waals surface area contributed by atoms with Crippen molar-refractivity contribution in [3.05, 3.63) is 109 Å². The van der Waals surface area contributed by atoms with E-state index in [1.165, 1.54) is 11.3 Å². The Bertz CT molecular complexity index is 1660. The van der Waals surface area contributed by atoms with E-state index in [4.69, 9.17) is 9.47 Å². The quantitative estimate of drug-likeness (QED) is 0.402. The highest BCUT2D eigenvalue weighted by Crippen LogP contribution is 2.35. The molecular weight excluding hydrogens is 460 g/mol. The third-order valence-corrected chi connectivity index (χ3v) is 7.04. The number of allylic oxidation sites excluding steroid dienone is 1. The fourth-order valence-electron chi connectivity index (χ4n) is 4.50. The summed E-state index contributed by atoms with van der Waals surface area (Å²) in [6.45, 7) is 3.75. The normalized spacial score (nSPS) is 15.6. The van der Waals surface area contributed by atoms with Crippen LogP contribution in [0.5, 0.6) is 5.75 Å². The average Bonchev–Trinajstić information content (AvgIpc) is 3.17. The van der Waals surface area contributed by atoms with Crippen molar-refractivity contribution < 1.29 is 14.3 Å². The minimum atomic E-state index is -0.712. The Balaban J connectivity index is 1.78. The molecule has 2 heterocycles. The van der Waals surface area contributed by atoms with Crippen LogP contribution in [0.2, 0.25) is 0 Å². The minimum absolute atomic E-state index is 0.216. The van der Waals surface area contributed by atoms with Crippen LogP contribution in [0.15, 0.2) is 87.8 Å². The Morgan fingerprint density at radius 2 is 1.83 bits per heavy atom. The van der Waals surface area contributed by atoms with Crippen molar-refractivity contribution in [1.29, 1.82) is 0 Å². The summed E-state index contributed by atoms with van der Waals surface area (Å²) in [6, 6.07) is 20.8. The molecule has 3 aromatic carbocycles. The molecule has 0 aliphatic carbocycles. The smallest absolute Gasteiger partial charge is 0.338 e. The molecule has 1 aliphatic heterocycles. The summed E-state index contributed by atoms with van der Waals surface area (Å²) >= 11 is 1.31. The molecule has 35 heavy (non-hydrogen) atoms. The minimum Gasteiger partial charge on any atom is -0.496 e. The van der Waals surface area contributed by atoms with Gasteiger partial charge in [0.15, 0.2) is 4.80 Å². The van der Waals surface area contributed by atoms with Gasteiger partial charge in [0.1, 0.15) is 11.8 Å². The third-order valence-electron chi connectivity index (χ3n) is 6.06. The average molecular weight is 485 g/mol. The molecule has 0 saturated heterocycles. The summed E-state index contributed by atoms with van der Waals surface area (Å²) in [6.07, 6.45) is 1.90. The first-order valence-electron chi connectivity index (χ1n) is 11.3. The zero-order valence-corrected chi connectivity index (χ0v) is 20.5. The number of fused-ring (bicyclic) bond motifs is 2. The maximum absolute atomic E-state index is 13.8. The molecule has 0 saturated carbocycles. The lowest BCUT2D eigenvalue weighted by Gasteiger charge is -2.25. The van der Waals surface area contributed by atoms with E-state index in [2.05, 4.69) is 4.99 Å². The lowest BCUT2D eigenvalue weighted by atomic mass is 9.95. The summed E-state index contributed by atoms with van der Waals surface area (Å²) in [5.41, 5.74) is 2.29. The van der Waals surface area contributed by atoms with Crippen LogP contribution in [0.4, 0.5) is 0 Å². The number of hydrogen-bond acceptors (Lipinski definition) is 6. The van der Waals surface area contributed by atoms with Gasteiger partial charge in [0.2, 0.25) is 0 Å². The van der Waals surface area contributed by atoms with Crippen LogP contribution in [0.3, 0.4) is 0 Å². The van der Waals surface area contributed by atoms with E-state index in [1.807, 2.05) is 72.8 Å². The van der Waals surface area contributed by atoms with Crippen molar-refractivity contribution in [2.24, 2.45) is 4.99 Å². The highest BCUT2D eigenvalue weighted by atomic mass is 32.1. The first-order valence-corrected chi connectivity index (χ1v) is 12.2. The number of hydrogen-bond donors (Lipinski definition) is 0. The van der Waals surface area contributed by atoms with Gasteiger partial charge in [0.25, 0.3) is 5.56 Å². The molecular formula is C28H24N2O4S. The Labute approximate surface area is 206 Å². The first-order chi connectivity index (χ1) is 17.0. The summed E-state index contributed by atoms with van der Waals surface area (Å²) in [4.78, 5) is 32.1. The first kappa shape index (κ1) is 22.8. The number of esters is 1. The van der Waals surface area contributed by atoms with E-state index in [-0.39, 0.29) is 12.2 Å². The molecule has 0 spiro atoms. The second-order valence-corrected chi connectivity index (χ2v) is 9.12. The van der Waals surface area contributed by atoms with Crippen molar-refractivity contribution in [3.8, 4) is 5.75 Å². The predicted octanol–water partition coefficient (Wildman–Crippen LogP) is 3.96. The van der Waals surface area contributed by atoms with Crippen molar-refractivity contribution in [2.45, 2.75) is 19.9 Å². The van der Waals surface area contributed by atoms with Crippen molar-refractivity contribution in [3.63, 3.8) is 0 Å². The number of aromatic nitrogens is 1. The number of thiazole rings is 1. The van der Waals surface area contributed by atoms with Gasteiger partial charge in [-0.3, -0.25) is 9.36 Å². The van der Waals surface area contributed by atoms with Gasteiger partial charge >= 0.3 is 5.97 Å². The van der Waals surface area contributed by atoms with Gasteiger partial charge in [0, 0.05) is 5.56 Å². The van der Waals surface area contributed by atoms with E-state index in [0.717, 1.165) is 16.3 Å². The number of carbonyl (C=O) groups excluding carboxylic acids is 1. The summed E-state index contributed by atoms with van der Waals surface area (Å²) in [5.74, 6) is 0.0885. The predicted molar refractivity (Wildman–Crippen MR) is 137 cm³/mol. The van der Waals surface area contributed by atoms with Crippen molar-refractivity contribution in [1.82, 2.24) is 4.57 Å². The van der Waals surface area contributed by atoms with E-state index >= 15 is 0 Å². The number of ether oxygens (including phenoxy) is 2. The zero-order valence-electron chi connectivity index (χ0n) is 19.6. The number of benzene rings is 3. The Hall–Kier alpha value is -3.97. The van der Waals surface area contributed by atoms with Gasteiger partial charge < -0.3 is 9.47 Å². The summed E-state index contributed by atoms with van der Waals surface area (Å²) < 4.78 is 13.1. The lowest BCUT2D eigenvalue weighted by molar-refractivity contribution is -0.139. The van der Waals surface area contributed by atoms with Gasteiger partial charge in [-0.05, 0) is 42.3 Å². The number of carbonyl (C=O) groups is 1. The Morgan fingerprint density at radius 1 is 1.09 bits per heavy atom. The molecule has 0 fully saturated rings. The van der Waals surface area contributed by atoms with E-state index in [9.17, 15) is 9.59 Å². The van der Waals surface area contributed by atoms with E-state index < -0.39 is 12.0 Å². The van der Waals surface area contributed by atoms with E-state index in [1.54, 1.807) is 25.5 Å². The van der Waals surface area contributed by atoms with Crippen LogP contribution in [-0.2, 0) is 9.53 Å². The van der Waals surface area contributed by atoms with Crippen LogP contribution in [0, 0.1) is 0 Å². The topological polar surface area (TPSA) is 69.9 Å². The van der Waals surface area contributed by atoms with Gasteiger partial charge in [-0.1, -0.05) is 72.0 Å². The van der Waals surface area contributed by atoms with Gasteiger partial charge in [-0.2, -0.15) is 0 Å². The maximum Gasteiger partial charge on any atom is 0.338 e. The number of nitrogens with zero attached hydrogens (tertiary/aromatic N) is 2. The number of para-hydroxylation sites is 1. The van der Waals surface area contributed by atoms with Crippen LogP contribution in [0.25, 0.3) is 16.8 Å². The molecule has 4 aromatic rings. The standard InChI is InChI=1S/C28H24N2O4S/c1-4-34-27(32)24-17(2)29-28-30(25(24)21-14-7-8-15-22(21)33-3)26(31)23(35-28)16-19-12-9-11-18-10-5-6-13-20(18)19/h5-16,25H,4H2,1-3H3. The highest BCUT2D eigenvalue weighted by Gasteiger charge is 2.34. The highest BCUT2D eigenvalue weighted by molar-refractivity contribution is 7.07. The van der Waals surface area contributed by atoms with Crippen molar-refractivity contribution in [2.75, 3.05) is 13.7 Å². The second kappa shape index (κ2) is 9.35. The molecule has 1 unspecified atom stereocenters. The zero-order chi connectivity index (χ0) is 24.5. The van der Waals surface area contributed by atoms with Gasteiger partial charge in [-0.15, -0.1) is 0 Å². The molecule has 0 radical (unpaired) electrons. The molecule has 7 heteroatoms. The molecule has 0 N–H and O–H groups in total. The van der Waals surface area contributed by atoms with Crippen LogP contribution in [-0.4, -0.2) is 24.3 Å². The molecule has 1 aliphatic rings. The Morgan fingerprint density at radius 3 is 2.63 bits per heavy atom. The molecule has 1 aromatic heterocycles. The van der Waals surface area contributed by atoms with Gasteiger partial charge in [-0.25, -0.2) is 9.79 Å².